The Balaban J connectivity index is 2.73. The number of rotatable bonds is 3. The predicted octanol–water partition coefficient (Wildman–Crippen LogP) is 3.71. The molecule has 0 aromatic heterocycles. The molecule has 2 aliphatic rings. The lowest BCUT2D eigenvalue weighted by Gasteiger charge is -2.32. The number of fused-ring (bicyclic) bond motifs is 2. The first-order chi connectivity index (χ1) is 9.49. The van der Waals surface area contributed by atoms with E-state index in [1.165, 1.54) is 0 Å². The van der Waals surface area contributed by atoms with Crippen LogP contribution in [0.2, 0.25) is 0 Å². The highest BCUT2D eigenvalue weighted by Gasteiger charge is 2.85. The Morgan fingerprint density at radius 2 is 1.52 bits per heavy atom. The fourth-order valence-corrected chi connectivity index (χ4v) is 5.75. The third-order valence-electron chi connectivity index (χ3n) is 3.74. The molecule has 1 saturated carbocycles. The summed E-state index contributed by atoms with van der Waals surface area (Å²) in [5.74, 6) is -5.39. The van der Waals surface area contributed by atoms with Crippen molar-refractivity contribution in [2.75, 3.05) is 6.61 Å². The number of aliphatic carboxylic acids is 1. The molecule has 0 heterocycles. The Morgan fingerprint density at radius 3 is 1.90 bits per heavy atom. The lowest BCUT2D eigenvalue weighted by Crippen LogP contribution is -2.46. The summed E-state index contributed by atoms with van der Waals surface area (Å²) in [5, 5.41) is 8.92. The summed E-state index contributed by atoms with van der Waals surface area (Å²) in [4.78, 5) is 19.8. The van der Waals surface area contributed by atoms with Crippen molar-refractivity contribution in [3.63, 3.8) is 0 Å². The van der Waals surface area contributed by atoms with Gasteiger partial charge in [-0.2, -0.15) is 0 Å². The van der Waals surface area contributed by atoms with Crippen molar-refractivity contribution in [2.24, 2.45) is 11.8 Å². The van der Waals surface area contributed by atoms with E-state index in [4.69, 9.17) is 74.3 Å². The number of hydrogen-bond acceptors (Lipinski definition) is 3. The van der Waals surface area contributed by atoms with Crippen molar-refractivity contribution in [1.29, 1.82) is 0 Å². The van der Waals surface area contributed by atoms with E-state index < -0.39 is 37.9 Å². The molecule has 2 aliphatic carbocycles. The molecule has 0 aromatic carbocycles. The summed E-state index contributed by atoms with van der Waals surface area (Å²) in [6, 6.07) is 0. The zero-order chi connectivity index (χ0) is 16.4. The largest absolute Gasteiger partial charge is 0.481 e. The van der Waals surface area contributed by atoms with Gasteiger partial charge in [-0.05, 0) is 6.92 Å². The Morgan fingerprint density at radius 1 is 1.10 bits per heavy atom. The van der Waals surface area contributed by atoms with Crippen LogP contribution in [0.5, 0.6) is 0 Å². The van der Waals surface area contributed by atoms with Gasteiger partial charge in [0.1, 0.15) is 9.75 Å². The highest BCUT2D eigenvalue weighted by atomic mass is 35.5. The molecular formula is C11H8Cl6O4. The lowest BCUT2D eigenvalue weighted by atomic mass is 9.82. The van der Waals surface area contributed by atoms with Crippen LogP contribution < -0.4 is 0 Å². The zero-order valence-electron chi connectivity index (χ0n) is 10.3. The standard InChI is InChI=1S/C11H8Cl6O4/c1-2-21-8(20)4-3(7(18)19)9(14)5(12)6(13)10(4,15)11(9,16)17/h3-4H,2H2,1H3,(H,18,19)/t3-,4+,9+,10-/m1/s1. The smallest absolute Gasteiger partial charge is 0.312 e. The highest BCUT2D eigenvalue weighted by molar-refractivity contribution is 6.66. The van der Waals surface area contributed by atoms with Crippen molar-refractivity contribution in [2.45, 2.75) is 21.0 Å². The molecule has 0 amide bonds. The van der Waals surface area contributed by atoms with E-state index in [-0.39, 0.29) is 16.7 Å². The van der Waals surface area contributed by atoms with Gasteiger partial charge >= 0.3 is 11.9 Å². The highest BCUT2D eigenvalue weighted by Crippen LogP contribution is 2.76. The van der Waals surface area contributed by atoms with Crippen LogP contribution in [-0.4, -0.2) is 37.7 Å². The summed E-state index contributed by atoms with van der Waals surface area (Å²) in [7, 11) is 0. The number of carbonyl (C=O) groups is 2. The van der Waals surface area contributed by atoms with Crippen molar-refractivity contribution < 1.29 is 19.4 Å². The van der Waals surface area contributed by atoms with Crippen LogP contribution in [0.25, 0.3) is 0 Å². The van der Waals surface area contributed by atoms with Crippen LogP contribution in [0.3, 0.4) is 0 Å². The van der Waals surface area contributed by atoms with E-state index in [1.807, 2.05) is 0 Å². The number of allylic oxidation sites excluding steroid dienone is 2. The van der Waals surface area contributed by atoms with E-state index >= 15 is 0 Å². The molecule has 0 radical (unpaired) electrons. The summed E-state index contributed by atoms with van der Waals surface area (Å²) >= 11 is 37.1. The van der Waals surface area contributed by atoms with E-state index in [2.05, 4.69) is 0 Å². The van der Waals surface area contributed by atoms with E-state index in [0.29, 0.717) is 0 Å². The number of carboxylic acids is 1. The third kappa shape index (κ3) is 1.84. The first-order valence-corrected chi connectivity index (χ1v) is 7.97. The van der Waals surface area contributed by atoms with Gasteiger partial charge in [0.25, 0.3) is 0 Å². The number of halogens is 6. The summed E-state index contributed by atoms with van der Waals surface area (Å²) in [6.45, 7) is 1.56. The minimum Gasteiger partial charge on any atom is -0.481 e. The van der Waals surface area contributed by atoms with Crippen molar-refractivity contribution in [3.8, 4) is 0 Å². The van der Waals surface area contributed by atoms with E-state index in [1.54, 1.807) is 6.92 Å². The maximum atomic E-state index is 12.2. The molecule has 4 nitrogen and oxygen atoms in total. The Kier molecular flexibility index (Phi) is 4.41. The summed E-state index contributed by atoms with van der Waals surface area (Å²) in [5.41, 5.74) is 0. The van der Waals surface area contributed by atoms with Crippen LogP contribution in [0.15, 0.2) is 10.1 Å². The van der Waals surface area contributed by atoms with Crippen LogP contribution >= 0.6 is 69.6 Å². The quantitative estimate of drug-likeness (QED) is 0.562. The first kappa shape index (κ1) is 17.8. The SMILES string of the molecule is CCOC(=O)[C@@H]1[C@H](C(=O)O)[C@]2(Cl)C(Cl)=C(Cl)[C@@]1(Cl)C2(Cl)Cl. The maximum Gasteiger partial charge on any atom is 0.312 e. The molecule has 4 atom stereocenters. The van der Waals surface area contributed by atoms with Gasteiger partial charge in [0.15, 0.2) is 4.33 Å². The van der Waals surface area contributed by atoms with Crippen LogP contribution in [0, 0.1) is 11.8 Å². The van der Waals surface area contributed by atoms with Gasteiger partial charge in [-0.3, -0.25) is 9.59 Å². The Bertz CT molecular complexity index is 561. The van der Waals surface area contributed by atoms with E-state index in [0.717, 1.165) is 0 Å². The molecule has 0 saturated heterocycles. The number of alkyl halides is 4. The molecule has 0 aromatic rings. The molecule has 1 N–H and O–H groups in total. The molecule has 21 heavy (non-hydrogen) atoms. The van der Waals surface area contributed by atoms with Gasteiger partial charge in [-0.25, -0.2) is 0 Å². The number of ether oxygens (including phenoxy) is 1. The number of hydrogen-bond donors (Lipinski definition) is 1. The normalized spacial score (nSPS) is 40.5. The Labute approximate surface area is 150 Å². The fraction of sp³-hybridized carbons (Fsp3) is 0.636. The number of esters is 1. The second kappa shape index (κ2) is 5.22. The lowest BCUT2D eigenvalue weighted by molar-refractivity contribution is -0.157. The monoisotopic (exact) mass is 414 g/mol. The molecule has 0 aliphatic heterocycles. The minimum atomic E-state index is -2.10. The topological polar surface area (TPSA) is 63.6 Å². The summed E-state index contributed by atoms with van der Waals surface area (Å²) < 4.78 is 2.76. The van der Waals surface area contributed by atoms with Crippen molar-refractivity contribution in [3.05, 3.63) is 10.1 Å². The molecule has 10 heteroatoms. The molecule has 2 rings (SSSR count). The molecule has 0 unspecified atom stereocenters. The van der Waals surface area contributed by atoms with Gasteiger partial charge in [-0.15, -0.1) is 23.2 Å². The van der Waals surface area contributed by atoms with E-state index in [9.17, 15) is 14.7 Å². The molecule has 2 bridgehead atoms. The third-order valence-corrected chi connectivity index (χ3v) is 8.00. The van der Waals surface area contributed by atoms with Crippen molar-refractivity contribution >= 4 is 81.5 Å². The fourth-order valence-electron chi connectivity index (χ4n) is 2.83. The average molecular weight is 417 g/mol. The Hall–Kier alpha value is 0.420. The van der Waals surface area contributed by atoms with Gasteiger partial charge in [-0.1, -0.05) is 46.4 Å². The zero-order valence-corrected chi connectivity index (χ0v) is 14.8. The summed E-state index contributed by atoms with van der Waals surface area (Å²) in [6.07, 6.45) is 0. The van der Waals surface area contributed by atoms with Gasteiger partial charge in [0, 0.05) is 0 Å². The number of carbonyl (C=O) groups excluding carboxylic acids is 1. The molecule has 118 valence electrons. The second-order valence-corrected chi connectivity index (χ2v) is 7.95. The molecular weight excluding hydrogens is 409 g/mol. The second-order valence-electron chi connectivity index (χ2n) is 4.67. The van der Waals surface area contributed by atoms with Crippen LogP contribution in [0.4, 0.5) is 0 Å². The average Bonchev–Trinajstić information content (AvgIpc) is 2.58. The predicted molar refractivity (Wildman–Crippen MR) is 81.6 cm³/mol. The van der Waals surface area contributed by atoms with Crippen molar-refractivity contribution in [1.82, 2.24) is 0 Å². The van der Waals surface area contributed by atoms with Crippen LogP contribution in [0.1, 0.15) is 6.92 Å². The number of carboxylic acid groups (broad SMARTS) is 1. The molecule has 0 spiro atoms. The molecule has 1 fully saturated rings. The van der Waals surface area contributed by atoms with Gasteiger partial charge in [0.2, 0.25) is 0 Å². The van der Waals surface area contributed by atoms with Gasteiger partial charge < -0.3 is 9.84 Å². The van der Waals surface area contributed by atoms with Gasteiger partial charge in [0.05, 0.1) is 28.5 Å². The minimum absolute atomic E-state index is 0.0105. The van der Waals surface area contributed by atoms with Crippen LogP contribution in [-0.2, 0) is 14.3 Å². The first-order valence-electron chi connectivity index (χ1n) is 5.70. The maximum absolute atomic E-state index is 12.2.